The quantitative estimate of drug-likeness (QED) is 0.622. The van der Waals surface area contributed by atoms with Gasteiger partial charge >= 0.3 is 12.1 Å². The molecule has 2 atom stereocenters. The highest BCUT2D eigenvalue weighted by atomic mass is 35.5. The van der Waals surface area contributed by atoms with Crippen LogP contribution in [0.15, 0.2) is 48.5 Å². The molecular formula is C22H26ClNO5. The normalized spacial score (nSPS) is 13.4. The third-order valence-electron chi connectivity index (χ3n) is 4.11. The van der Waals surface area contributed by atoms with Crippen molar-refractivity contribution in [3.8, 4) is 11.1 Å². The number of carbonyl (C=O) groups excluding carboxylic acids is 1. The van der Waals surface area contributed by atoms with Crippen LogP contribution in [0.25, 0.3) is 11.1 Å². The van der Waals surface area contributed by atoms with Crippen molar-refractivity contribution in [2.45, 2.75) is 51.4 Å². The molecule has 0 radical (unpaired) electrons. The molecule has 0 bridgehead atoms. The average molecular weight is 420 g/mol. The van der Waals surface area contributed by atoms with Crippen LogP contribution in [0.1, 0.15) is 32.8 Å². The summed E-state index contributed by atoms with van der Waals surface area (Å²) in [7, 11) is 0. The second kappa shape index (κ2) is 9.76. The van der Waals surface area contributed by atoms with Gasteiger partial charge in [-0.05, 0) is 56.0 Å². The summed E-state index contributed by atoms with van der Waals surface area (Å²) in [5, 5.41) is 22.0. The van der Waals surface area contributed by atoms with Gasteiger partial charge < -0.3 is 20.3 Å². The molecule has 0 aliphatic carbocycles. The topological polar surface area (TPSA) is 95.9 Å². The van der Waals surface area contributed by atoms with Crippen molar-refractivity contribution in [3.63, 3.8) is 0 Å². The molecule has 0 aromatic heterocycles. The van der Waals surface area contributed by atoms with E-state index in [1.807, 2.05) is 42.5 Å². The highest BCUT2D eigenvalue weighted by Gasteiger charge is 2.24. The van der Waals surface area contributed by atoms with Gasteiger partial charge in [0, 0.05) is 17.5 Å². The zero-order valence-electron chi connectivity index (χ0n) is 16.7. The van der Waals surface area contributed by atoms with E-state index in [-0.39, 0.29) is 6.42 Å². The number of benzene rings is 2. The Hall–Kier alpha value is -2.57. The van der Waals surface area contributed by atoms with Gasteiger partial charge in [0.1, 0.15) is 5.60 Å². The maximum Gasteiger partial charge on any atom is 0.407 e. The highest BCUT2D eigenvalue weighted by Crippen LogP contribution is 2.23. The second-order valence-corrected chi connectivity index (χ2v) is 8.28. The number of amides is 1. The molecule has 0 aliphatic heterocycles. The molecule has 0 saturated carbocycles. The smallest absolute Gasteiger partial charge is 0.407 e. The molecule has 29 heavy (non-hydrogen) atoms. The number of hydrogen-bond acceptors (Lipinski definition) is 4. The fourth-order valence-corrected chi connectivity index (χ4v) is 3.01. The molecule has 0 heterocycles. The van der Waals surface area contributed by atoms with Gasteiger partial charge in [-0.3, -0.25) is 0 Å². The van der Waals surface area contributed by atoms with E-state index < -0.39 is 29.8 Å². The van der Waals surface area contributed by atoms with Crippen molar-refractivity contribution in [2.75, 3.05) is 0 Å². The zero-order chi connectivity index (χ0) is 21.6. The van der Waals surface area contributed by atoms with Crippen molar-refractivity contribution in [3.05, 3.63) is 59.1 Å². The first-order valence-electron chi connectivity index (χ1n) is 9.29. The Morgan fingerprint density at radius 1 is 1.10 bits per heavy atom. The van der Waals surface area contributed by atoms with E-state index in [1.54, 1.807) is 26.8 Å². The molecule has 0 unspecified atom stereocenters. The molecule has 2 rings (SSSR count). The summed E-state index contributed by atoms with van der Waals surface area (Å²) in [5.41, 5.74) is 2.17. The molecular weight excluding hydrogens is 394 g/mol. The fraction of sp³-hybridized carbons (Fsp3) is 0.364. The Kier molecular flexibility index (Phi) is 7.65. The van der Waals surface area contributed by atoms with Crippen molar-refractivity contribution in [1.82, 2.24) is 5.32 Å². The zero-order valence-corrected chi connectivity index (χ0v) is 17.4. The van der Waals surface area contributed by atoms with E-state index in [9.17, 15) is 14.7 Å². The maximum atomic E-state index is 12.1. The number of carboxylic acids is 1. The van der Waals surface area contributed by atoms with Gasteiger partial charge in [-0.2, -0.15) is 0 Å². The monoisotopic (exact) mass is 419 g/mol. The van der Waals surface area contributed by atoms with Crippen LogP contribution in [0.4, 0.5) is 4.79 Å². The van der Waals surface area contributed by atoms with Crippen LogP contribution >= 0.6 is 11.6 Å². The van der Waals surface area contributed by atoms with Crippen LogP contribution in [-0.4, -0.2) is 40.0 Å². The molecule has 6 nitrogen and oxygen atoms in total. The van der Waals surface area contributed by atoms with Crippen LogP contribution in [0.5, 0.6) is 0 Å². The molecule has 0 saturated heterocycles. The summed E-state index contributed by atoms with van der Waals surface area (Å²) in [6.07, 6.45) is -2.03. The van der Waals surface area contributed by atoms with Crippen molar-refractivity contribution >= 4 is 23.7 Å². The Balaban J connectivity index is 2.12. The molecule has 0 fully saturated rings. The van der Waals surface area contributed by atoms with Crippen molar-refractivity contribution < 1.29 is 24.5 Å². The number of aliphatic hydroxyl groups is 1. The van der Waals surface area contributed by atoms with Gasteiger partial charge in [0.05, 0.1) is 0 Å². The minimum atomic E-state index is -1.58. The van der Waals surface area contributed by atoms with Gasteiger partial charge in [-0.15, -0.1) is 0 Å². The van der Waals surface area contributed by atoms with Crippen LogP contribution in [0.3, 0.4) is 0 Å². The molecule has 156 valence electrons. The summed E-state index contributed by atoms with van der Waals surface area (Å²) < 4.78 is 5.24. The van der Waals surface area contributed by atoms with Gasteiger partial charge in [0.2, 0.25) is 0 Å². The van der Waals surface area contributed by atoms with E-state index in [0.29, 0.717) is 11.4 Å². The maximum absolute atomic E-state index is 12.1. The predicted molar refractivity (Wildman–Crippen MR) is 112 cm³/mol. The lowest BCUT2D eigenvalue weighted by Crippen LogP contribution is -2.43. The summed E-state index contributed by atoms with van der Waals surface area (Å²) in [6, 6.07) is 14.6. The standard InChI is InChI=1S/C22H26ClNO5/c1-22(2,3)29-21(28)24-18(13-19(25)20(26)27)11-14-7-9-15(10-8-14)16-5-4-6-17(23)12-16/h4-10,12,18-19,25H,11,13H2,1-3H3,(H,24,28)(H,26,27)/t18-,19-/m1/s1. The van der Waals surface area contributed by atoms with E-state index in [4.69, 9.17) is 21.4 Å². The highest BCUT2D eigenvalue weighted by molar-refractivity contribution is 6.30. The second-order valence-electron chi connectivity index (χ2n) is 7.84. The summed E-state index contributed by atoms with van der Waals surface area (Å²) in [5.74, 6) is -1.34. The fourth-order valence-electron chi connectivity index (χ4n) is 2.82. The number of aliphatic hydroxyl groups excluding tert-OH is 1. The summed E-state index contributed by atoms with van der Waals surface area (Å²) in [4.78, 5) is 23.1. The number of carboxylic acid groups (broad SMARTS) is 1. The average Bonchev–Trinajstić information content (AvgIpc) is 2.60. The van der Waals surface area contributed by atoms with Gasteiger partial charge in [-0.25, -0.2) is 9.59 Å². The summed E-state index contributed by atoms with van der Waals surface area (Å²) >= 11 is 6.04. The molecule has 0 spiro atoms. The SMILES string of the molecule is CC(C)(C)OC(=O)N[C@H](Cc1ccc(-c2cccc(Cl)c2)cc1)C[C@@H](O)C(=O)O. The number of alkyl carbamates (subject to hydrolysis) is 1. The minimum Gasteiger partial charge on any atom is -0.479 e. The van der Waals surface area contributed by atoms with Crippen molar-refractivity contribution in [1.29, 1.82) is 0 Å². The molecule has 2 aromatic rings. The Labute approximate surface area is 175 Å². The molecule has 0 aliphatic rings. The van der Waals surface area contributed by atoms with E-state index in [0.717, 1.165) is 16.7 Å². The number of aliphatic carboxylic acids is 1. The third-order valence-corrected chi connectivity index (χ3v) is 4.34. The number of rotatable bonds is 7. The van der Waals surface area contributed by atoms with Crippen LogP contribution < -0.4 is 5.32 Å². The lowest BCUT2D eigenvalue weighted by molar-refractivity contribution is -0.147. The minimum absolute atomic E-state index is 0.134. The first kappa shape index (κ1) is 22.7. The largest absolute Gasteiger partial charge is 0.479 e. The van der Waals surface area contributed by atoms with Crippen LogP contribution in [-0.2, 0) is 16.0 Å². The van der Waals surface area contributed by atoms with Crippen LogP contribution in [0.2, 0.25) is 5.02 Å². The third kappa shape index (κ3) is 7.75. The molecule has 1 amide bonds. The number of halogens is 1. The van der Waals surface area contributed by atoms with Crippen molar-refractivity contribution in [2.24, 2.45) is 0 Å². The van der Waals surface area contributed by atoms with E-state index in [2.05, 4.69) is 5.32 Å². The predicted octanol–water partition coefficient (Wildman–Crippen LogP) is 4.28. The first-order chi connectivity index (χ1) is 13.5. The van der Waals surface area contributed by atoms with E-state index in [1.165, 1.54) is 0 Å². The lowest BCUT2D eigenvalue weighted by Gasteiger charge is -2.24. The summed E-state index contributed by atoms with van der Waals surface area (Å²) in [6.45, 7) is 5.22. The number of nitrogens with one attached hydrogen (secondary N) is 1. The first-order valence-corrected chi connectivity index (χ1v) is 9.66. The van der Waals surface area contributed by atoms with Crippen LogP contribution in [0, 0.1) is 0 Å². The number of carbonyl (C=O) groups is 2. The lowest BCUT2D eigenvalue weighted by atomic mass is 9.98. The van der Waals surface area contributed by atoms with Gasteiger partial charge in [-0.1, -0.05) is 48.0 Å². The van der Waals surface area contributed by atoms with E-state index >= 15 is 0 Å². The Bertz CT molecular complexity index is 845. The van der Waals surface area contributed by atoms with Gasteiger partial charge in [0.15, 0.2) is 6.10 Å². The molecule has 3 N–H and O–H groups in total. The molecule has 7 heteroatoms. The van der Waals surface area contributed by atoms with Gasteiger partial charge in [0.25, 0.3) is 0 Å². The number of hydrogen-bond donors (Lipinski definition) is 3. The Morgan fingerprint density at radius 2 is 1.76 bits per heavy atom. The number of ether oxygens (including phenoxy) is 1. The molecule has 2 aromatic carbocycles. The Morgan fingerprint density at radius 3 is 2.31 bits per heavy atom.